The average Bonchev–Trinajstić information content (AvgIpc) is 2.38. The Kier molecular flexibility index (Phi) is 4.82. The van der Waals surface area contributed by atoms with E-state index in [-0.39, 0.29) is 5.91 Å². The van der Waals surface area contributed by atoms with E-state index < -0.39 is 0 Å². The van der Waals surface area contributed by atoms with E-state index in [1.54, 1.807) is 36.7 Å². The first-order valence-electron chi connectivity index (χ1n) is 6.05. The zero-order valence-electron chi connectivity index (χ0n) is 10.8. The van der Waals surface area contributed by atoms with Crippen molar-refractivity contribution < 1.29 is 4.79 Å². The second-order valence-electron chi connectivity index (χ2n) is 4.06. The van der Waals surface area contributed by atoms with Crippen LogP contribution in [0.4, 0.5) is 11.4 Å². The van der Waals surface area contributed by atoms with Crippen LogP contribution in [0.15, 0.2) is 36.7 Å². The highest BCUT2D eigenvalue weighted by Gasteiger charge is 2.11. The minimum Gasteiger partial charge on any atom is -0.383 e. The fourth-order valence-corrected chi connectivity index (χ4v) is 2.27. The molecule has 0 saturated carbocycles. The maximum Gasteiger partial charge on any atom is 0.257 e. The fraction of sp³-hybridized carbons (Fsp3) is 0.143. The van der Waals surface area contributed by atoms with Crippen LogP contribution in [-0.2, 0) is 0 Å². The quantitative estimate of drug-likeness (QED) is 0.895. The first-order chi connectivity index (χ1) is 9.60. The highest BCUT2D eigenvalue weighted by molar-refractivity contribution is 6.35. The van der Waals surface area contributed by atoms with Crippen LogP contribution in [0, 0.1) is 0 Å². The Morgan fingerprint density at radius 3 is 2.60 bits per heavy atom. The number of carbonyl (C=O) groups excluding carboxylic acids is 1. The van der Waals surface area contributed by atoms with Gasteiger partial charge >= 0.3 is 0 Å². The maximum absolute atomic E-state index is 12.3. The number of carbonyl (C=O) groups is 1. The molecule has 0 aliphatic heterocycles. The van der Waals surface area contributed by atoms with Gasteiger partial charge in [-0.15, -0.1) is 0 Å². The Morgan fingerprint density at radius 1 is 1.25 bits per heavy atom. The summed E-state index contributed by atoms with van der Waals surface area (Å²) < 4.78 is 0. The molecule has 4 nitrogen and oxygen atoms in total. The second kappa shape index (κ2) is 6.59. The molecule has 20 heavy (non-hydrogen) atoms. The zero-order valence-corrected chi connectivity index (χ0v) is 12.3. The summed E-state index contributed by atoms with van der Waals surface area (Å²) in [5.74, 6) is -0.248. The van der Waals surface area contributed by atoms with Gasteiger partial charge in [-0.25, -0.2) is 0 Å². The van der Waals surface area contributed by atoms with Gasteiger partial charge in [-0.3, -0.25) is 9.78 Å². The van der Waals surface area contributed by atoms with Gasteiger partial charge in [-0.1, -0.05) is 23.2 Å². The molecule has 1 amide bonds. The normalized spacial score (nSPS) is 10.2. The molecule has 0 radical (unpaired) electrons. The molecule has 0 bridgehead atoms. The van der Waals surface area contributed by atoms with Crippen molar-refractivity contribution in [3.63, 3.8) is 0 Å². The van der Waals surface area contributed by atoms with Crippen LogP contribution in [0.25, 0.3) is 0 Å². The SMILES string of the molecule is CCNc1cnccc1C(=O)Nc1cc(Cl)cc(Cl)c1. The molecule has 2 N–H and O–H groups in total. The summed E-state index contributed by atoms with van der Waals surface area (Å²) in [4.78, 5) is 16.3. The number of nitrogens with zero attached hydrogens (tertiary/aromatic N) is 1. The Labute approximate surface area is 127 Å². The van der Waals surface area contributed by atoms with Crippen molar-refractivity contribution >= 4 is 40.5 Å². The molecule has 1 heterocycles. The van der Waals surface area contributed by atoms with Crippen LogP contribution in [0.2, 0.25) is 10.0 Å². The van der Waals surface area contributed by atoms with Crippen molar-refractivity contribution in [1.82, 2.24) is 4.98 Å². The number of hydrogen-bond acceptors (Lipinski definition) is 3. The predicted molar refractivity (Wildman–Crippen MR) is 82.8 cm³/mol. The molecule has 0 unspecified atom stereocenters. The van der Waals surface area contributed by atoms with Crippen molar-refractivity contribution in [3.05, 3.63) is 52.3 Å². The summed E-state index contributed by atoms with van der Waals surface area (Å²) in [7, 11) is 0. The van der Waals surface area contributed by atoms with Crippen molar-refractivity contribution in [2.45, 2.75) is 6.92 Å². The van der Waals surface area contributed by atoms with E-state index in [0.717, 1.165) is 0 Å². The lowest BCUT2D eigenvalue weighted by Gasteiger charge is -2.11. The van der Waals surface area contributed by atoms with Crippen LogP contribution in [0.5, 0.6) is 0 Å². The topological polar surface area (TPSA) is 54.0 Å². The average molecular weight is 310 g/mol. The van der Waals surface area contributed by atoms with Gasteiger partial charge in [0.15, 0.2) is 0 Å². The summed E-state index contributed by atoms with van der Waals surface area (Å²) in [6, 6.07) is 6.54. The maximum atomic E-state index is 12.3. The van der Waals surface area contributed by atoms with Crippen molar-refractivity contribution in [3.8, 4) is 0 Å². The smallest absolute Gasteiger partial charge is 0.257 e. The highest BCUT2D eigenvalue weighted by Crippen LogP contribution is 2.23. The Bertz CT molecular complexity index is 611. The zero-order chi connectivity index (χ0) is 14.5. The number of hydrogen-bond donors (Lipinski definition) is 2. The second-order valence-corrected chi connectivity index (χ2v) is 4.94. The standard InChI is InChI=1S/C14H13Cl2N3O/c1-2-18-13-8-17-4-3-12(13)14(20)19-11-6-9(15)5-10(16)7-11/h3-8,18H,2H2,1H3,(H,19,20). The van der Waals surface area contributed by atoms with E-state index in [1.807, 2.05) is 6.92 Å². The monoisotopic (exact) mass is 309 g/mol. The van der Waals surface area contributed by atoms with Gasteiger partial charge in [-0.05, 0) is 31.2 Å². The van der Waals surface area contributed by atoms with Gasteiger partial charge in [0.25, 0.3) is 5.91 Å². The van der Waals surface area contributed by atoms with E-state index in [9.17, 15) is 4.79 Å². The lowest BCUT2D eigenvalue weighted by Crippen LogP contribution is -2.15. The van der Waals surface area contributed by atoms with Crippen LogP contribution >= 0.6 is 23.2 Å². The number of benzene rings is 1. The molecule has 0 aliphatic rings. The van der Waals surface area contributed by atoms with Gasteiger partial charge in [-0.2, -0.15) is 0 Å². The summed E-state index contributed by atoms with van der Waals surface area (Å²) >= 11 is 11.8. The summed E-state index contributed by atoms with van der Waals surface area (Å²) in [5.41, 5.74) is 1.74. The van der Waals surface area contributed by atoms with Crippen LogP contribution < -0.4 is 10.6 Å². The molecule has 2 rings (SSSR count). The summed E-state index contributed by atoms with van der Waals surface area (Å²) in [6.45, 7) is 2.65. The van der Waals surface area contributed by atoms with Gasteiger partial charge in [0.2, 0.25) is 0 Å². The molecular formula is C14H13Cl2N3O. The van der Waals surface area contributed by atoms with Crippen LogP contribution in [-0.4, -0.2) is 17.4 Å². The number of amides is 1. The molecule has 0 spiro atoms. The predicted octanol–water partition coefficient (Wildman–Crippen LogP) is 4.07. The number of rotatable bonds is 4. The van der Waals surface area contributed by atoms with Gasteiger partial charge in [0.1, 0.15) is 0 Å². The van der Waals surface area contributed by atoms with Gasteiger partial charge in [0.05, 0.1) is 17.4 Å². The third-order valence-corrected chi connectivity index (χ3v) is 2.99. The third kappa shape index (κ3) is 3.62. The summed E-state index contributed by atoms with van der Waals surface area (Å²) in [6.07, 6.45) is 3.18. The van der Waals surface area contributed by atoms with E-state index in [1.165, 1.54) is 0 Å². The Morgan fingerprint density at radius 2 is 1.95 bits per heavy atom. The molecule has 1 aromatic carbocycles. The summed E-state index contributed by atoms with van der Waals surface area (Å²) in [5, 5.41) is 6.79. The third-order valence-electron chi connectivity index (χ3n) is 2.55. The van der Waals surface area contributed by atoms with E-state index in [2.05, 4.69) is 15.6 Å². The van der Waals surface area contributed by atoms with E-state index in [4.69, 9.17) is 23.2 Å². The molecule has 0 atom stereocenters. The highest BCUT2D eigenvalue weighted by atomic mass is 35.5. The minimum atomic E-state index is -0.248. The van der Waals surface area contributed by atoms with E-state index in [0.29, 0.717) is 33.5 Å². The number of pyridine rings is 1. The largest absolute Gasteiger partial charge is 0.383 e. The van der Waals surface area contributed by atoms with Crippen LogP contribution in [0.3, 0.4) is 0 Å². The Balaban J connectivity index is 2.23. The van der Waals surface area contributed by atoms with Crippen LogP contribution in [0.1, 0.15) is 17.3 Å². The molecule has 104 valence electrons. The lowest BCUT2D eigenvalue weighted by molar-refractivity contribution is 0.102. The molecule has 0 saturated heterocycles. The van der Waals surface area contributed by atoms with Crippen molar-refractivity contribution in [2.24, 2.45) is 0 Å². The Hall–Kier alpha value is -1.78. The first kappa shape index (κ1) is 14.6. The van der Waals surface area contributed by atoms with Gasteiger partial charge < -0.3 is 10.6 Å². The molecule has 0 aliphatic carbocycles. The number of nitrogens with one attached hydrogen (secondary N) is 2. The van der Waals surface area contributed by atoms with E-state index >= 15 is 0 Å². The molecule has 2 aromatic rings. The number of anilines is 2. The number of aromatic nitrogens is 1. The minimum absolute atomic E-state index is 0.248. The first-order valence-corrected chi connectivity index (χ1v) is 6.81. The lowest BCUT2D eigenvalue weighted by atomic mass is 10.2. The molecular weight excluding hydrogens is 297 g/mol. The molecule has 6 heteroatoms. The van der Waals surface area contributed by atoms with Crippen molar-refractivity contribution in [2.75, 3.05) is 17.2 Å². The van der Waals surface area contributed by atoms with Crippen molar-refractivity contribution in [1.29, 1.82) is 0 Å². The molecule has 1 aromatic heterocycles. The number of halogens is 2. The van der Waals surface area contributed by atoms with Gasteiger partial charge in [0, 0.05) is 28.5 Å². The fourth-order valence-electron chi connectivity index (χ4n) is 1.75. The molecule has 0 fully saturated rings.